The summed E-state index contributed by atoms with van der Waals surface area (Å²) in [5.41, 5.74) is 3.83. The van der Waals surface area contributed by atoms with E-state index in [1.807, 2.05) is 0 Å². The molecule has 0 aliphatic rings. The van der Waals surface area contributed by atoms with Crippen molar-refractivity contribution in [3.8, 4) is 11.5 Å². The average molecular weight is 284 g/mol. The average Bonchev–Trinajstić information content (AvgIpc) is 2.87. The molecular weight excluding hydrogens is 274 g/mol. The second-order valence-electron chi connectivity index (χ2n) is 4.11. The molecule has 1 aromatic heterocycles. The molecule has 1 atom stereocenters. The van der Waals surface area contributed by atoms with E-state index in [0.717, 1.165) is 12.1 Å². The highest BCUT2D eigenvalue weighted by molar-refractivity contribution is 5.60. The standard InChI is InChI=1S/C11H10F2N4O3/c1-5(4-14)10-15-11(20-16-10)8-6(12)2-3-7(9(8)13)17(18)19/h2-3,5H,4,14H2,1H3. The van der Waals surface area contributed by atoms with E-state index in [1.54, 1.807) is 6.92 Å². The molecule has 0 radical (unpaired) electrons. The third kappa shape index (κ3) is 2.35. The first-order valence-electron chi connectivity index (χ1n) is 5.62. The van der Waals surface area contributed by atoms with E-state index < -0.39 is 33.7 Å². The number of halogens is 2. The first-order valence-corrected chi connectivity index (χ1v) is 5.62. The molecule has 0 amide bonds. The lowest BCUT2D eigenvalue weighted by molar-refractivity contribution is -0.387. The van der Waals surface area contributed by atoms with Gasteiger partial charge in [-0.1, -0.05) is 12.1 Å². The maximum atomic E-state index is 13.9. The number of nitrogens with two attached hydrogens (primary N) is 1. The summed E-state index contributed by atoms with van der Waals surface area (Å²) in [4.78, 5) is 13.5. The van der Waals surface area contributed by atoms with Gasteiger partial charge in [0.15, 0.2) is 5.82 Å². The van der Waals surface area contributed by atoms with Gasteiger partial charge in [0.1, 0.15) is 11.4 Å². The van der Waals surface area contributed by atoms with Gasteiger partial charge < -0.3 is 10.3 Å². The van der Waals surface area contributed by atoms with Crippen molar-refractivity contribution in [2.24, 2.45) is 5.73 Å². The second kappa shape index (κ2) is 5.29. The molecule has 9 heteroatoms. The van der Waals surface area contributed by atoms with Crippen LogP contribution < -0.4 is 5.73 Å². The topological polar surface area (TPSA) is 108 Å². The molecule has 106 valence electrons. The van der Waals surface area contributed by atoms with E-state index in [0.29, 0.717) is 0 Å². The Labute approximate surface area is 111 Å². The van der Waals surface area contributed by atoms with Crippen molar-refractivity contribution in [3.63, 3.8) is 0 Å². The van der Waals surface area contributed by atoms with E-state index >= 15 is 0 Å². The minimum absolute atomic E-state index is 0.174. The molecular formula is C11H10F2N4O3. The van der Waals surface area contributed by atoms with E-state index in [-0.39, 0.29) is 18.3 Å². The first kappa shape index (κ1) is 14.0. The minimum atomic E-state index is -1.36. The molecule has 0 saturated heterocycles. The lowest BCUT2D eigenvalue weighted by Gasteiger charge is -2.01. The van der Waals surface area contributed by atoms with Crippen molar-refractivity contribution >= 4 is 5.69 Å². The number of nitro benzene ring substituents is 1. The molecule has 20 heavy (non-hydrogen) atoms. The lowest BCUT2D eigenvalue weighted by Crippen LogP contribution is -2.10. The van der Waals surface area contributed by atoms with Gasteiger partial charge in [-0.05, 0) is 6.07 Å². The number of nitrogens with zero attached hydrogens (tertiary/aromatic N) is 3. The highest BCUT2D eigenvalue weighted by Gasteiger charge is 2.26. The number of hydrogen-bond acceptors (Lipinski definition) is 6. The third-order valence-electron chi connectivity index (χ3n) is 2.72. The molecule has 1 aromatic carbocycles. The summed E-state index contributed by atoms with van der Waals surface area (Å²) in [6.45, 7) is 1.92. The molecule has 2 N–H and O–H groups in total. The van der Waals surface area contributed by atoms with Gasteiger partial charge in [-0.2, -0.15) is 9.37 Å². The largest absolute Gasteiger partial charge is 0.334 e. The van der Waals surface area contributed by atoms with Gasteiger partial charge in [-0.15, -0.1) is 0 Å². The van der Waals surface area contributed by atoms with Crippen LogP contribution in [0.2, 0.25) is 0 Å². The van der Waals surface area contributed by atoms with Crippen LogP contribution in [0.25, 0.3) is 11.5 Å². The summed E-state index contributed by atoms with van der Waals surface area (Å²) < 4.78 is 32.3. The van der Waals surface area contributed by atoms with E-state index in [2.05, 4.69) is 10.1 Å². The molecule has 7 nitrogen and oxygen atoms in total. The molecule has 0 bridgehead atoms. The Morgan fingerprint density at radius 1 is 1.50 bits per heavy atom. The summed E-state index contributed by atoms with van der Waals surface area (Å²) in [5, 5.41) is 14.2. The van der Waals surface area contributed by atoms with Crippen molar-refractivity contribution in [1.29, 1.82) is 0 Å². The Morgan fingerprint density at radius 2 is 2.20 bits per heavy atom. The number of nitro groups is 1. The summed E-state index contributed by atoms with van der Waals surface area (Å²) in [7, 11) is 0. The molecule has 0 fully saturated rings. The zero-order valence-corrected chi connectivity index (χ0v) is 10.3. The fourth-order valence-corrected chi connectivity index (χ4v) is 1.52. The number of rotatable bonds is 4. The molecule has 2 aromatic rings. The van der Waals surface area contributed by atoms with Crippen molar-refractivity contribution < 1.29 is 18.2 Å². The normalized spacial score (nSPS) is 12.4. The smallest absolute Gasteiger partial charge is 0.305 e. The van der Waals surface area contributed by atoms with Gasteiger partial charge in [0.05, 0.1) is 4.92 Å². The van der Waals surface area contributed by atoms with E-state index in [1.165, 1.54) is 0 Å². The van der Waals surface area contributed by atoms with Crippen LogP contribution in [0.1, 0.15) is 18.7 Å². The van der Waals surface area contributed by atoms with Crippen molar-refractivity contribution in [3.05, 3.63) is 39.7 Å². The zero-order chi connectivity index (χ0) is 14.9. The fraction of sp³-hybridized carbons (Fsp3) is 0.273. The highest BCUT2D eigenvalue weighted by atomic mass is 19.1. The Morgan fingerprint density at radius 3 is 2.80 bits per heavy atom. The van der Waals surface area contributed by atoms with Crippen molar-refractivity contribution in [2.45, 2.75) is 12.8 Å². The predicted molar refractivity (Wildman–Crippen MR) is 63.8 cm³/mol. The van der Waals surface area contributed by atoms with Gasteiger partial charge >= 0.3 is 5.69 Å². The van der Waals surface area contributed by atoms with Gasteiger partial charge in [-0.25, -0.2) is 4.39 Å². The predicted octanol–water partition coefficient (Wildman–Crippen LogP) is 1.99. The quantitative estimate of drug-likeness (QED) is 0.679. The van der Waals surface area contributed by atoms with E-state index in [9.17, 15) is 18.9 Å². The third-order valence-corrected chi connectivity index (χ3v) is 2.72. The van der Waals surface area contributed by atoms with E-state index in [4.69, 9.17) is 10.3 Å². The number of hydrogen-bond donors (Lipinski definition) is 1. The Hall–Kier alpha value is -2.42. The minimum Gasteiger partial charge on any atom is -0.334 e. The monoisotopic (exact) mass is 284 g/mol. The Balaban J connectivity index is 2.55. The Kier molecular flexibility index (Phi) is 3.70. The summed E-state index contributed by atoms with van der Waals surface area (Å²) in [6.07, 6.45) is 0. The van der Waals surface area contributed by atoms with Gasteiger partial charge in [-0.3, -0.25) is 10.1 Å². The van der Waals surface area contributed by atoms with Crippen LogP contribution >= 0.6 is 0 Å². The first-order chi connectivity index (χ1) is 9.45. The van der Waals surface area contributed by atoms with Crippen LogP contribution in [0.5, 0.6) is 0 Å². The highest BCUT2D eigenvalue weighted by Crippen LogP contribution is 2.31. The molecule has 0 aliphatic heterocycles. The van der Waals surface area contributed by atoms with Crippen LogP contribution in [0.15, 0.2) is 16.7 Å². The van der Waals surface area contributed by atoms with Crippen molar-refractivity contribution in [2.75, 3.05) is 6.54 Å². The molecule has 1 unspecified atom stereocenters. The lowest BCUT2D eigenvalue weighted by atomic mass is 10.1. The molecule has 1 heterocycles. The Bertz CT molecular complexity index is 659. The van der Waals surface area contributed by atoms with Crippen LogP contribution in [0.4, 0.5) is 14.5 Å². The zero-order valence-electron chi connectivity index (χ0n) is 10.3. The van der Waals surface area contributed by atoms with Gasteiger partial charge in [0.25, 0.3) is 5.89 Å². The number of aromatic nitrogens is 2. The molecule has 2 rings (SSSR count). The summed E-state index contributed by atoms with van der Waals surface area (Å²) in [5.74, 6) is -2.93. The van der Waals surface area contributed by atoms with Crippen LogP contribution in [0, 0.1) is 21.7 Å². The summed E-state index contributed by atoms with van der Waals surface area (Å²) >= 11 is 0. The van der Waals surface area contributed by atoms with Gasteiger partial charge in [0, 0.05) is 18.5 Å². The molecule has 0 spiro atoms. The molecule has 0 saturated carbocycles. The maximum Gasteiger partial charge on any atom is 0.305 e. The maximum absolute atomic E-state index is 13.9. The van der Waals surface area contributed by atoms with Gasteiger partial charge in [0.2, 0.25) is 5.82 Å². The second-order valence-corrected chi connectivity index (χ2v) is 4.11. The SMILES string of the molecule is CC(CN)c1noc(-c2c(F)ccc([N+](=O)[O-])c2F)n1. The van der Waals surface area contributed by atoms with Crippen LogP contribution in [-0.4, -0.2) is 21.6 Å². The van der Waals surface area contributed by atoms with Crippen molar-refractivity contribution in [1.82, 2.24) is 10.1 Å². The fourth-order valence-electron chi connectivity index (χ4n) is 1.52. The van der Waals surface area contributed by atoms with Crippen LogP contribution in [-0.2, 0) is 0 Å². The number of benzene rings is 1. The molecule has 0 aliphatic carbocycles. The van der Waals surface area contributed by atoms with Crippen LogP contribution in [0.3, 0.4) is 0 Å². The summed E-state index contributed by atoms with van der Waals surface area (Å²) in [6, 6.07) is 1.50.